The van der Waals surface area contributed by atoms with Crippen LogP contribution < -0.4 is 0 Å². The largest absolute Gasteiger partial charge is 0.341 e. The summed E-state index contributed by atoms with van der Waals surface area (Å²) >= 11 is 0. The molecule has 0 saturated carbocycles. The van der Waals surface area contributed by atoms with E-state index in [-0.39, 0.29) is 11.8 Å². The highest BCUT2D eigenvalue weighted by Crippen LogP contribution is 2.12. The highest BCUT2D eigenvalue weighted by atomic mass is 16.2. The molecule has 4 nitrogen and oxygen atoms in total. The van der Waals surface area contributed by atoms with Gasteiger partial charge in [-0.05, 0) is 12.8 Å². The van der Waals surface area contributed by atoms with E-state index in [1.165, 1.54) is 0 Å². The summed E-state index contributed by atoms with van der Waals surface area (Å²) in [6.45, 7) is 4.76. The summed E-state index contributed by atoms with van der Waals surface area (Å²) in [5.41, 5.74) is 1.07. The minimum Gasteiger partial charge on any atom is -0.341 e. The van der Waals surface area contributed by atoms with Crippen molar-refractivity contribution in [3.05, 3.63) is 18.0 Å². The van der Waals surface area contributed by atoms with Crippen LogP contribution in [0.4, 0.5) is 0 Å². The van der Waals surface area contributed by atoms with Gasteiger partial charge in [0.1, 0.15) is 0 Å². The number of aromatic nitrogens is 2. The van der Waals surface area contributed by atoms with Crippen molar-refractivity contribution in [2.75, 3.05) is 7.05 Å². The molecule has 0 aliphatic carbocycles. The molecule has 1 aromatic rings. The van der Waals surface area contributed by atoms with Crippen LogP contribution in [-0.4, -0.2) is 27.6 Å². The third-order valence-corrected chi connectivity index (χ3v) is 2.89. The third-order valence-electron chi connectivity index (χ3n) is 2.89. The lowest BCUT2D eigenvalue weighted by Gasteiger charge is -2.21. The standard InChI is InChI=1S/C12H21N3O/c1-5-11(6-2)12(16)14(3)8-10-7-13-15(4)9-10/h7,9,11H,5-6,8H2,1-4H3. The molecular weight excluding hydrogens is 202 g/mol. The van der Waals surface area contributed by atoms with Crippen molar-refractivity contribution < 1.29 is 4.79 Å². The van der Waals surface area contributed by atoms with Gasteiger partial charge in [0.05, 0.1) is 6.20 Å². The molecule has 16 heavy (non-hydrogen) atoms. The van der Waals surface area contributed by atoms with E-state index in [2.05, 4.69) is 18.9 Å². The Kier molecular flexibility index (Phi) is 4.52. The van der Waals surface area contributed by atoms with Crippen molar-refractivity contribution >= 4 is 5.91 Å². The molecule has 1 rings (SSSR count). The van der Waals surface area contributed by atoms with Crippen LogP contribution in [0.1, 0.15) is 32.3 Å². The fourth-order valence-corrected chi connectivity index (χ4v) is 1.85. The summed E-state index contributed by atoms with van der Waals surface area (Å²) in [6, 6.07) is 0. The maximum atomic E-state index is 12.0. The summed E-state index contributed by atoms with van der Waals surface area (Å²) in [7, 11) is 3.74. The molecule has 0 aromatic carbocycles. The fraction of sp³-hybridized carbons (Fsp3) is 0.667. The zero-order valence-corrected chi connectivity index (χ0v) is 10.6. The number of carbonyl (C=O) groups excluding carboxylic acids is 1. The van der Waals surface area contributed by atoms with Gasteiger partial charge in [-0.15, -0.1) is 0 Å². The van der Waals surface area contributed by atoms with E-state index in [1.54, 1.807) is 15.8 Å². The minimum absolute atomic E-state index is 0.154. The van der Waals surface area contributed by atoms with E-state index in [4.69, 9.17) is 0 Å². The fourth-order valence-electron chi connectivity index (χ4n) is 1.85. The zero-order valence-electron chi connectivity index (χ0n) is 10.6. The number of aryl methyl sites for hydroxylation is 1. The van der Waals surface area contributed by atoms with Crippen LogP contribution >= 0.6 is 0 Å². The lowest BCUT2D eigenvalue weighted by Crippen LogP contribution is -2.31. The van der Waals surface area contributed by atoms with Gasteiger partial charge in [0.15, 0.2) is 0 Å². The molecule has 0 unspecified atom stereocenters. The first kappa shape index (κ1) is 12.7. The maximum Gasteiger partial charge on any atom is 0.225 e. The molecule has 0 bridgehead atoms. The molecule has 0 aliphatic rings. The third kappa shape index (κ3) is 3.08. The Morgan fingerprint density at radius 2 is 2.12 bits per heavy atom. The molecule has 1 aromatic heterocycles. The highest BCUT2D eigenvalue weighted by molar-refractivity contribution is 5.78. The zero-order chi connectivity index (χ0) is 12.1. The summed E-state index contributed by atoms with van der Waals surface area (Å²) in [5, 5.41) is 4.09. The summed E-state index contributed by atoms with van der Waals surface area (Å²) in [5.74, 6) is 0.385. The lowest BCUT2D eigenvalue weighted by molar-refractivity contribution is -0.134. The Labute approximate surface area is 97.2 Å². The van der Waals surface area contributed by atoms with E-state index in [0.717, 1.165) is 18.4 Å². The number of hydrogen-bond acceptors (Lipinski definition) is 2. The first-order valence-electron chi connectivity index (χ1n) is 5.81. The van der Waals surface area contributed by atoms with Crippen molar-refractivity contribution in [1.29, 1.82) is 0 Å². The molecule has 0 saturated heterocycles. The minimum atomic E-state index is 0.154. The van der Waals surface area contributed by atoms with Gasteiger partial charge >= 0.3 is 0 Å². The number of nitrogens with zero attached hydrogens (tertiary/aromatic N) is 3. The van der Waals surface area contributed by atoms with Gasteiger partial charge < -0.3 is 4.90 Å². The molecule has 0 N–H and O–H groups in total. The quantitative estimate of drug-likeness (QED) is 0.763. The van der Waals surface area contributed by atoms with Crippen molar-refractivity contribution in [2.24, 2.45) is 13.0 Å². The van der Waals surface area contributed by atoms with Gasteiger partial charge in [0.2, 0.25) is 5.91 Å². The second-order valence-electron chi connectivity index (χ2n) is 4.23. The predicted octanol–water partition coefficient (Wildman–Crippen LogP) is 1.81. The highest BCUT2D eigenvalue weighted by Gasteiger charge is 2.18. The Balaban J connectivity index is 2.57. The average Bonchev–Trinajstić information content (AvgIpc) is 2.65. The molecule has 0 radical (unpaired) electrons. The molecular formula is C12H21N3O. The SMILES string of the molecule is CCC(CC)C(=O)N(C)Cc1cnn(C)c1. The van der Waals surface area contributed by atoms with Gasteiger partial charge in [-0.3, -0.25) is 9.48 Å². The summed E-state index contributed by atoms with van der Waals surface area (Å²) in [4.78, 5) is 13.8. The number of amides is 1. The Morgan fingerprint density at radius 3 is 2.56 bits per heavy atom. The Hall–Kier alpha value is -1.32. The van der Waals surface area contributed by atoms with Crippen LogP contribution in [0.2, 0.25) is 0 Å². The molecule has 1 heterocycles. The average molecular weight is 223 g/mol. The van der Waals surface area contributed by atoms with Crippen LogP contribution in [0.3, 0.4) is 0 Å². The van der Waals surface area contributed by atoms with Crippen molar-refractivity contribution in [3.63, 3.8) is 0 Å². The van der Waals surface area contributed by atoms with Gasteiger partial charge in [-0.2, -0.15) is 5.10 Å². The number of carbonyl (C=O) groups is 1. The van der Waals surface area contributed by atoms with Gasteiger partial charge in [-0.1, -0.05) is 13.8 Å². The van der Waals surface area contributed by atoms with Crippen LogP contribution in [0.5, 0.6) is 0 Å². The molecule has 0 spiro atoms. The van der Waals surface area contributed by atoms with Gasteiger partial charge in [0.25, 0.3) is 0 Å². The topological polar surface area (TPSA) is 38.1 Å². The van der Waals surface area contributed by atoms with E-state index in [0.29, 0.717) is 6.54 Å². The van der Waals surface area contributed by atoms with Crippen LogP contribution in [-0.2, 0) is 18.4 Å². The van der Waals surface area contributed by atoms with Crippen LogP contribution in [0.15, 0.2) is 12.4 Å². The summed E-state index contributed by atoms with van der Waals surface area (Å²) < 4.78 is 1.75. The first-order valence-corrected chi connectivity index (χ1v) is 5.81. The van der Waals surface area contributed by atoms with Gasteiger partial charge in [-0.25, -0.2) is 0 Å². The van der Waals surface area contributed by atoms with E-state index >= 15 is 0 Å². The van der Waals surface area contributed by atoms with E-state index in [1.807, 2.05) is 20.3 Å². The van der Waals surface area contributed by atoms with E-state index in [9.17, 15) is 4.79 Å². The molecule has 0 fully saturated rings. The number of hydrogen-bond donors (Lipinski definition) is 0. The Morgan fingerprint density at radius 1 is 1.50 bits per heavy atom. The molecule has 1 amide bonds. The maximum absolute atomic E-state index is 12.0. The smallest absolute Gasteiger partial charge is 0.225 e. The summed E-state index contributed by atoms with van der Waals surface area (Å²) in [6.07, 6.45) is 5.56. The van der Waals surface area contributed by atoms with Crippen LogP contribution in [0, 0.1) is 5.92 Å². The molecule has 0 aliphatic heterocycles. The molecule has 0 atom stereocenters. The second-order valence-corrected chi connectivity index (χ2v) is 4.23. The number of rotatable bonds is 5. The Bertz CT molecular complexity index is 342. The van der Waals surface area contributed by atoms with Crippen molar-refractivity contribution in [3.8, 4) is 0 Å². The van der Waals surface area contributed by atoms with Crippen LogP contribution in [0.25, 0.3) is 0 Å². The molecule has 90 valence electrons. The second kappa shape index (κ2) is 5.68. The predicted molar refractivity (Wildman–Crippen MR) is 63.8 cm³/mol. The lowest BCUT2D eigenvalue weighted by atomic mass is 10.0. The van der Waals surface area contributed by atoms with Crippen molar-refractivity contribution in [1.82, 2.24) is 14.7 Å². The normalized spacial score (nSPS) is 10.8. The van der Waals surface area contributed by atoms with Crippen molar-refractivity contribution in [2.45, 2.75) is 33.2 Å². The monoisotopic (exact) mass is 223 g/mol. The first-order chi connectivity index (χ1) is 7.58. The van der Waals surface area contributed by atoms with E-state index < -0.39 is 0 Å². The van der Waals surface area contributed by atoms with Gasteiger partial charge in [0, 0.05) is 38.3 Å². The molecule has 4 heteroatoms.